The summed E-state index contributed by atoms with van der Waals surface area (Å²) in [5, 5.41) is 7.10. The predicted molar refractivity (Wildman–Crippen MR) is 87.1 cm³/mol. The molecule has 23 heavy (non-hydrogen) atoms. The number of ether oxygens (including phenoxy) is 1. The zero-order chi connectivity index (χ0) is 16.8. The standard InChI is InChI=1S/C14H20N4O3S2/c1-8-11(4)22-14(15-8)23(19,20)18-5-6-21-7-12(18)13-9(2)16-17-10(13)3/h12H,5-7H2,1-4H3,(H,16,17). The molecule has 126 valence electrons. The lowest BCUT2D eigenvalue weighted by atomic mass is 10.1. The Morgan fingerprint density at radius 3 is 2.57 bits per heavy atom. The maximum Gasteiger partial charge on any atom is 0.271 e. The Balaban J connectivity index is 2.05. The number of sulfonamides is 1. The molecular formula is C14H20N4O3S2. The van der Waals surface area contributed by atoms with Crippen molar-refractivity contribution >= 4 is 21.4 Å². The third-order valence-corrected chi connectivity index (χ3v) is 7.47. The van der Waals surface area contributed by atoms with Crippen molar-refractivity contribution in [2.45, 2.75) is 38.1 Å². The fourth-order valence-corrected chi connectivity index (χ4v) is 5.80. The van der Waals surface area contributed by atoms with Crippen molar-refractivity contribution in [3.63, 3.8) is 0 Å². The summed E-state index contributed by atoms with van der Waals surface area (Å²) >= 11 is 1.22. The Morgan fingerprint density at radius 1 is 1.26 bits per heavy atom. The highest BCUT2D eigenvalue weighted by molar-refractivity contribution is 7.91. The third kappa shape index (κ3) is 2.82. The molecule has 1 aliphatic heterocycles. The molecule has 0 aromatic carbocycles. The maximum atomic E-state index is 13.1. The number of hydrogen-bond acceptors (Lipinski definition) is 6. The molecule has 3 heterocycles. The number of thiazole rings is 1. The molecule has 1 unspecified atom stereocenters. The topological polar surface area (TPSA) is 88.2 Å². The second kappa shape index (κ2) is 5.97. The number of nitrogens with one attached hydrogen (secondary N) is 1. The first kappa shape index (κ1) is 16.6. The van der Waals surface area contributed by atoms with Gasteiger partial charge in [0.25, 0.3) is 10.0 Å². The van der Waals surface area contributed by atoms with E-state index < -0.39 is 10.0 Å². The van der Waals surface area contributed by atoms with Gasteiger partial charge in [0.2, 0.25) is 4.34 Å². The summed E-state index contributed by atoms with van der Waals surface area (Å²) in [6.45, 7) is 8.50. The molecule has 1 aliphatic rings. The molecule has 7 nitrogen and oxygen atoms in total. The van der Waals surface area contributed by atoms with E-state index in [4.69, 9.17) is 4.74 Å². The highest BCUT2D eigenvalue weighted by atomic mass is 32.2. The van der Waals surface area contributed by atoms with E-state index >= 15 is 0 Å². The van der Waals surface area contributed by atoms with Gasteiger partial charge in [-0.1, -0.05) is 0 Å². The van der Waals surface area contributed by atoms with Crippen LogP contribution in [0.3, 0.4) is 0 Å². The van der Waals surface area contributed by atoms with Gasteiger partial charge in [-0.2, -0.15) is 9.40 Å². The zero-order valence-corrected chi connectivity index (χ0v) is 15.2. The van der Waals surface area contributed by atoms with Crippen molar-refractivity contribution in [1.82, 2.24) is 19.5 Å². The number of rotatable bonds is 3. The SMILES string of the molecule is Cc1nc(S(=O)(=O)N2CCOCC2c2c(C)n[nH]c2C)sc1C. The van der Waals surface area contributed by atoms with Crippen LogP contribution in [-0.2, 0) is 14.8 Å². The maximum absolute atomic E-state index is 13.1. The van der Waals surface area contributed by atoms with Crippen LogP contribution in [0, 0.1) is 27.7 Å². The highest BCUT2D eigenvalue weighted by Gasteiger charge is 2.38. The van der Waals surface area contributed by atoms with Gasteiger partial charge in [0.15, 0.2) is 0 Å². The third-order valence-electron chi connectivity index (χ3n) is 4.14. The van der Waals surface area contributed by atoms with Crippen LogP contribution in [-0.4, -0.2) is 47.7 Å². The van der Waals surface area contributed by atoms with Crippen molar-refractivity contribution in [1.29, 1.82) is 0 Å². The fraction of sp³-hybridized carbons (Fsp3) is 0.571. The molecule has 2 aromatic heterocycles. The Bertz CT molecular complexity index is 786. The molecule has 0 aliphatic carbocycles. The average molecular weight is 356 g/mol. The molecule has 0 saturated carbocycles. The summed E-state index contributed by atoms with van der Waals surface area (Å²) in [5.74, 6) is 0. The largest absolute Gasteiger partial charge is 0.378 e. The van der Waals surface area contributed by atoms with Crippen LogP contribution in [0.5, 0.6) is 0 Å². The van der Waals surface area contributed by atoms with Gasteiger partial charge in [-0.05, 0) is 27.7 Å². The van der Waals surface area contributed by atoms with Crippen LogP contribution in [0.25, 0.3) is 0 Å². The van der Waals surface area contributed by atoms with Gasteiger partial charge in [-0.15, -0.1) is 11.3 Å². The second-order valence-corrected chi connectivity index (χ2v) is 8.94. The van der Waals surface area contributed by atoms with Crippen LogP contribution in [0.1, 0.15) is 33.6 Å². The molecule has 1 atom stereocenters. The summed E-state index contributed by atoms with van der Waals surface area (Å²) < 4.78 is 33.3. The number of aromatic amines is 1. The van der Waals surface area contributed by atoms with Crippen molar-refractivity contribution in [2.75, 3.05) is 19.8 Å². The first-order valence-corrected chi connectivity index (χ1v) is 9.63. The molecule has 1 fully saturated rings. The normalized spacial score (nSPS) is 20.1. The molecule has 2 aromatic rings. The van der Waals surface area contributed by atoms with Crippen molar-refractivity contribution in [3.8, 4) is 0 Å². The Hall–Kier alpha value is -1.29. The Morgan fingerprint density at radius 2 is 2.00 bits per heavy atom. The fourth-order valence-electron chi connectivity index (χ4n) is 2.81. The van der Waals surface area contributed by atoms with Crippen LogP contribution in [0.15, 0.2) is 4.34 Å². The van der Waals surface area contributed by atoms with E-state index in [9.17, 15) is 8.42 Å². The summed E-state index contributed by atoms with van der Waals surface area (Å²) in [6, 6.07) is -0.378. The molecule has 9 heteroatoms. The minimum Gasteiger partial charge on any atom is -0.378 e. The zero-order valence-electron chi connectivity index (χ0n) is 13.6. The van der Waals surface area contributed by atoms with Crippen molar-refractivity contribution in [3.05, 3.63) is 27.5 Å². The van der Waals surface area contributed by atoms with Gasteiger partial charge in [0.05, 0.1) is 30.6 Å². The second-order valence-electron chi connectivity index (χ2n) is 5.68. The predicted octanol–water partition coefficient (Wildman–Crippen LogP) is 1.86. The van der Waals surface area contributed by atoms with E-state index in [1.165, 1.54) is 15.6 Å². The van der Waals surface area contributed by atoms with E-state index in [1.807, 2.05) is 27.7 Å². The van der Waals surface area contributed by atoms with E-state index in [2.05, 4.69) is 15.2 Å². The molecule has 3 rings (SSSR count). The number of morpholine rings is 1. The van der Waals surface area contributed by atoms with Gasteiger partial charge < -0.3 is 4.74 Å². The first-order chi connectivity index (χ1) is 10.8. The molecule has 1 N–H and O–H groups in total. The van der Waals surface area contributed by atoms with Crippen molar-refractivity contribution in [2.24, 2.45) is 0 Å². The monoisotopic (exact) mass is 356 g/mol. The van der Waals surface area contributed by atoms with Crippen molar-refractivity contribution < 1.29 is 13.2 Å². The average Bonchev–Trinajstić information content (AvgIpc) is 3.02. The Kier molecular flexibility index (Phi) is 4.30. The summed E-state index contributed by atoms with van der Waals surface area (Å²) in [4.78, 5) is 5.16. The number of aryl methyl sites for hydroxylation is 4. The molecule has 0 spiro atoms. The minimum atomic E-state index is -3.65. The van der Waals surface area contributed by atoms with E-state index in [0.717, 1.165) is 27.5 Å². The number of aromatic nitrogens is 3. The summed E-state index contributed by atoms with van der Waals surface area (Å²) in [7, 11) is -3.65. The van der Waals surface area contributed by atoms with Gasteiger partial charge in [-0.25, -0.2) is 13.4 Å². The summed E-state index contributed by atoms with van der Waals surface area (Å²) in [5.41, 5.74) is 3.31. The van der Waals surface area contributed by atoms with E-state index in [-0.39, 0.29) is 10.4 Å². The molecule has 0 radical (unpaired) electrons. The van der Waals surface area contributed by atoms with Gasteiger partial charge >= 0.3 is 0 Å². The lowest BCUT2D eigenvalue weighted by Gasteiger charge is -2.34. The van der Waals surface area contributed by atoms with Crippen LogP contribution in [0.4, 0.5) is 0 Å². The molecular weight excluding hydrogens is 336 g/mol. The lowest BCUT2D eigenvalue weighted by molar-refractivity contribution is 0.0316. The van der Waals surface area contributed by atoms with E-state index in [1.54, 1.807) is 0 Å². The van der Waals surface area contributed by atoms with Gasteiger partial charge in [0.1, 0.15) is 0 Å². The molecule has 0 amide bonds. The van der Waals surface area contributed by atoms with Gasteiger partial charge in [-0.3, -0.25) is 5.10 Å². The van der Waals surface area contributed by atoms with Crippen LogP contribution >= 0.6 is 11.3 Å². The van der Waals surface area contributed by atoms with E-state index in [0.29, 0.717) is 19.8 Å². The number of nitrogens with zero attached hydrogens (tertiary/aromatic N) is 3. The Labute approximate surface area is 139 Å². The first-order valence-electron chi connectivity index (χ1n) is 7.37. The van der Waals surface area contributed by atoms with Crippen LogP contribution < -0.4 is 0 Å². The van der Waals surface area contributed by atoms with Crippen LogP contribution in [0.2, 0.25) is 0 Å². The highest BCUT2D eigenvalue weighted by Crippen LogP contribution is 2.34. The molecule has 0 bridgehead atoms. The quantitative estimate of drug-likeness (QED) is 0.907. The number of hydrogen-bond donors (Lipinski definition) is 1. The summed E-state index contributed by atoms with van der Waals surface area (Å²) in [6.07, 6.45) is 0. The lowest BCUT2D eigenvalue weighted by Crippen LogP contribution is -2.43. The number of H-pyrrole nitrogens is 1. The minimum absolute atomic E-state index is 0.151. The van der Waals surface area contributed by atoms with Gasteiger partial charge in [0, 0.05) is 22.7 Å². The smallest absolute Gasteiger partial charge is 0.271 e. The molecule has 1 saturated heterocycles.